The van der Waals surface area contributed by atoms with Gasteiger partial charge in [0.25, 0.3) is 11.5 Å². The molecule has 0 aliphatic carbocycles. The Morgan fingerprint density at radius 2 is 1.82 bits per heavy atom. The third-order valence-corrected chi connectivity index (χ3v) is 5.71. The highest BCUT2D eigenvalue weighted by atomic mass is 79.9. The van der Waals surface area contributed by atoms with E-state index in [4.69, 9.17) is 0 Å². The second kappa shape index (κ2) is 8.73. The summed E-state index contributed by atoms with van der Waals surface area (Å²) in [6.45, 7) is 5.03. The molecule has 1 aliphatic rings. The van der Waals surface area contributed by atoms with E-state index >= 15 is 0 Å². The minimum absolute atomic E-state index is 0.00632. The Bertz CT molecular complexity index is 929. The average molecular weight is 446 g/mol. The molecule has 1 aromatic carbocycles. The summed E-state index contributed by atoms with van der Waals surface area (Å²) >= 11 is 3.37. The van der Waals surface area contributed by atoms with Crippen LogP contribution in [0.5, 0.6) is 0 Å². The number of halogens is 1. The van der Waals surface area contributed by atoms with Crippen LogP contribution in [0.1, 0.15) is 40.0 Å². The molecule has 0 spiro atoms. The molecule has 3 rings (SSSR count). The van der Waals surface area contributed by atoms with Crippen molar-refractivity contribution in [2.24, 2.45) is 5.92 Å². The number of aryl methyl sites for hydroxylation is 2. The van der Waals surface area contributed by atoms with Crippen LogP contribution in [0.15, 0.2) is 39.6 Å². The summed E-state index contributed by atoms with van der Waals surface area (Å²) in [5.74, 6) is -0.206. The Balaban J connectivity index is 1.53. The lowest BCUT2D eigenvalue weighted by Crippen LogP contribution is -2.43. The molecule has 1 aliphatic heterocycles. The van der Waals surface area contributed by atoms with Gasteiger partial charge < -0.3 is 15.2 Å². The van der Waals surface area contributed by atoms with Gasteiger partial charge in [-0.3, -0.25) is 14.4 Å². The number of amides is 2. The summed E-state index contributed by atoms with van der Waals surface area (Å²) in [6.07, 6.45) is 1.24. The summed E-state index contributed by atoms with van der Waals surface area (Å²) in [7, 11) is 0. The van der Waals surface area contributed by atoms with Gasteiger partial charge in [-0.2, -0.15) is 0 Å². The molecule has 0 bridgehead atoms. The topological polar surface area (TPSA) is 82.3 Å². The van der Waals surface area contributed by atoms with E-state index in [9.17, 15) is 14.4 Å². The maximum absolute atomic E-state index is 12.6. The Labute approximate surface area is 172 Å². The van der Waals surface area contributed by atoms with E-state index in [2.05, 4.69) is 26.2 Å². The number of aromatic nitrogens is 1. The van der Waals surface area contributed by atoms with Crippen LogP contribution in [0.2, 0.25) is 0 Å². The average Bonchev–Trinajstić information content (AvgIpc) is 2.67. The van der Waals surface area contributed by atoms with E-state index in [1.54, 1.807) is 17.0 Å². The smallest absolute Gasteiger partial charge is 0.253 e. The van der Waals surface area contributed by atoms with Crippen molar-refractivity contribution in [2.45, 2.75) is 33.2 Å². The van der Waals surface area contributed by atoms with Gasteiger partial charge in [0, 0.05) is 46.8 Å². The number of benzene rings is 1. The highest BCUT2D eigenvalue weighted by Crippen LogP contribution is 2.20. The van der Waals surface area contributed by atoms with Crippen LogP contribution >= 0.6 is 15.9 Å². The first-order chi connectivity index (χ1) is 13.3. The molecule has 148 valence electrons. The van der Waals surface area contributed by atoms with E-state index < -0.39 is 0 Å². The van der Waals surface area contributed by atoms with Crippen LogP contribution in [0.3, 0.4) is 0 Å². The minimum Gasteiger partial charge on any atom is -0.352 e. The van der Waals surface area contributed by atoms with Crippen molar-refractivity contribution < 1.29 is 9.59 Å². The maximum atomic E-state index is 12.6. The van der Waals surface area contributed by atoms with Gasteiger partial charge in [-0.15, -0.1) is 0 Å². The predicted octanol–water partition coefficient (Wildman–Crippen LogP) is 2.92. The van der Waals surface area contributed by atoms with Gasteiger partial charge in [0.05, 0.1) is 0 Å². The van der Waals surface area contributed by atoms with Crippen LogP contribution in [0.4, 0.5) is 0 Å². The van der Waals surface area contributed by atoms with E-state index in [-0.39, 0.29) is 29.8 Å². The van der Waals surface area contributed by atoms with Gasteiger partial charge in [-0.25, -0.2) is 0 Å². The zero-order valence-corrected chi connectivity index (χ0v) is 17.6. The first kappa shape index (κ1) is 20.3. The van der Waals surface area contributed by atoms with E-state index in [1.807, 2.05) is 32.0 Å². The Hall–Kier alpha value is -2.41. The number of piperidine rings is 1. The van der Waals surface area contributed by atoms with Gasteiger partial charge in [-0.05, 0) is 62.6 Å². The Morgan fingerprint density at radius 1 is 1.18 bits per heavy atom. The van der Waals surface area contributed by atoms with Gasteiger partial charge in [0.15, 0.2) is 0 Å². The van der Waals surface area contributed by atoms with Gasteiger partial charge >= 0.3 is 0 Å². The van der Waals surface area contributed by atoms with Crippen LogP contribution < -0.4 is 10.9 Å². The SMILES string of the molecule is Cc1cc(C)c(CNC(=O)C2CCN(C(=O)c3ccc(Br)cc3)CC2)c(=O)[nH]1. The first-order valence-electron chi connectivity index (χ1n) is 9.37. The molecule has 28 heavy (non-hydrogen) atoms. The molecule has 1 saturated heterocycles. The number of carbonyl (C=O) groups excluding carboxylic acids is 2. The van der Waals surface area contributed by atoms with E-state index in [0.717, 1.165) is 15.7 Å². The first-order valence-corrected chi connectivity index (χ1v) is 10.2. The number of hydrogen-bond acceptors (Lipinski definition) is 3. The Kier molecular flexibility index (Phi) is 6.34. The predicted molar refractivity (Wildman–Crippen MR) is 111 cm³/mol. The normalized spacial score (nSPS) is 14.8. The second-order valence-corrected chi connectivity index (χ2v) is 8.15. The number of likely N-dealkylation sites (tertiary alicyclic amines) is 1. The summed E-state index contributed by atoms with van der Waals surface area (Å²) < 4.78 is 0.932. The minimum atomic E-state index is -0.160. The number of rotatable bonds is 4. The molecule has 6 nitrogen and oxygen atoms in total. The summed E-state index contributed by atoms with van der Waals surface area (Å²) in [4.78, 5) is 41.7. The lowest BCUT2D eigenvalue weighted by atomic mass is 9.95. The molecule has 0 unspecified atom stereocenters. The van der Waals surface area contributed by atoms with Crippen LogP contribution in [-0.4, -0.2) is 34.8 Å². The highest BCUT2D eigenvalue weighted by Gasteiger charge is 2.27. The van der Waals surface area contributed by atoms with E-state index in [1.165, 1.54) is 0 Å². The van der Waals surface area contributed by atoms with Crippen LogP contribution in [0, 0.1) is 19.8 Å². The van der Waals surface area contributed by atoms with Crippen molar-refractivity contribution in [3.63, 3.8) is 0 Å². The largest absolute Gasteiger partial charge is 0.352 e. The summed E-state index contributed by atoms with van der Waals surface area (Å²) in [6, 6.07) is 9.19. The van der Waals surface area contributed by atoms with Crippen LogP contribution in [0.25, 0.3) is 0 Å². The maximum Gasteiger partial charge on any atom is 0.253 e. The summed E-state index contributed by atoms with van der Waals surface area (Å²) in [5.41, 5.74) is 2.76. The van der Waals surface area contributed by atoms with Gasteiger partial charge in [0.1, 0.15) is 0 Å². The fourth-order valence-corrected chi connectivity index (χ4v) is 3.81. The van der Waals surface area contributed by atoms with Crippen molar-refractivity contribution in [1.29, 1.82) is 0 Å². The quantitative estimate of drug-likeness (QED) is 0.758. The molecule has 0 saturated carbocycles. The number of pyridine rings is 1. The standard InChI is InChI=1S/C21H24BrN3O3/c1-13-11-14(2)24-20(27)18(13)12-23-19(26)15-7-9-25(10-8-15)21(28)16-3-5-17(22)6-4-16/h3-6,11,15H,7-10,12H2,1-2H3,(H,23,26)(H,24,27). The lowest BCUT2D eigenvalue weighted by molar-refractivity contribution is -0.126. The van der Waals surface area contributed by atoms with Crippen molar-refractivity contribution in [2.75, 3.05) is 13.1 Å². The monoisotopic (exact) mass is 445 g/mol. The van der Waals surface area contributed by atoms with Crippen molar-refractivity contribution in [1.82, 2.24) is 15.2 Å². The Morgan fingerprint density at radius 3 is 2.43 bits per heavy atom. The number of nitrogens with zero attached hydrogens (tertiary/aromatic N) is 1. The third-order valence-electron chi connectivity index (χ3n) is 5.18. The molecular formula is C21H24BrN3O3. The van der Waals surface area contributed by atoms with Crippen molar-refractivity contribution in [3.05, 3.63) is 67.5 Å². The fraction of sp³-hybridized carbons (Fsp3) is 0.381. The summed E-state index contributed by atoms with van der Waals surface area (Å²) in [5, 5.41) is 2.88. The molecule has 0 atom stereocenters. The molecule has 2 heterocycles. The van der Waals surface area contributed by atoms with Gasteiger partial charge in [0.2, 0.25) is 5.91 Å². The second-order valence-electron chi connectivity index (χ2n) is 7.23. The van der Waals surface area contributed by atoms with Crippen molar-refractivity contribution in [3.8, 4) is 0 Å². The molecule has 7 heteroatoms. The number of aromatic amines is 1. The third kappa shape index (κ3) is 4.70. The molecule has 2 aromatic rings. The lowest BCUT2D eigenvalue weighted by Gasteiger charge is -2.31. The molecule has 1 fully saturated rings. The van der Waals surface area contributed by atoms with Crippen molar-refractivity contribution >= 4 is 27.7 Å². The number of hydrogen-bond donors (Lipinski definition) is 2. The van der Waals surface area contributed by atoms with Gasteiger partial charge in [-0.1, -0.05) is 15.9 Å². The molecule has 2 amide bonds. The zero-order chi connectivity index (χ0) is 20.3. The molecule has 2 N–H and O–H groups in total. The number of nitrogens with one attached hydrogen (secondary N) is 2. The molecule has 1 aromatic heterocycles. The van der Waals surface area contributed by atoms with Crippen LogP contribution in [-0.2, 0) is 11.3 Å². The van der Waals surface area contributed by atoms with E-state index in [0.29, 0.717) is 37.1 Å². The fourth-order valence-electron chi connectivity index (χ4n) is 3.54. The molecular weight excluding hydrogens is 422 g/mol. The highest BCUT2D eigenvalue weighted by molar-refractivity contribution is 9.10. The number of carbonyl (C=O) groups is 2. The number of H-pyrrole nitrogens is 1. The molecule has 0 radical (unpaired) electrons. The zero-order valence-electron chi connectivity index (χ0n) is 16.0.